The normalized spacial score (nSPS) is 13.6. The fourth-order valence-electron chi connectivity index (χ4n) is 1.49. The van der Waals surface area contributed by atoms with Gasteiger partial charge in [0.25, 0.3) is 0 Å². The van der Waals surface area contributed by atoms with Crippen molar-refractivity contribution < 1.29 is 19.5 Å². The van der Waals surface area contributed by atoms with Gasteiger partial charge in [0.05, 0.1) is 6.42 Å². The minimum atomic E-state index is -1.31. The number of likely N-dealkylation sites (N-methyl/N-ethyl adjacent to an activating group) is 1. The van der Waals surface area contributed by atoms with E-state index in [2.05, 4.69) is 29.4 Å². The molecule has 0 aliphatic carbocycles. The van der Waals surface area contributed by atoms with E-state index in [1.165, 1.54) is 0 Å². The van der Waals surface area contributed by atoms with E-state index in [4.69, 9.17) is 10.8 Å². The second-order valence-corrected chi connectivity index (χ2v) is 4.70. The summed E-state index contributed by atoms with van der Waals surface area (Å²) in [6, 6.07) is -1.53. The van der Waals surface area contributed by atoms with Crippen molar-refractivity contribution in [2.24, 2.45) is 5.73 Å². The number of nitrogens with zero attached hydrogens (tertiary/aromatic N) is 1. The molecule has 0 aliphatic heterocycles. The van der Waals surface area contributed by atoms with Crippen LogP contribution in [0.4, 0.5) is 4.79 Å². The van der Waals surface area contributed by atoms with Gasteiger partial charge in [-0.2, -0.15) is 0 Å². The Morgan fingerprint density at radius 3 is 2.40 bits per heavy atom. The van der Waals surface area contributed by atoms with Crippen LogP contribution in [0.3, 0.4) is 0 Å². The van der Waals surface area contributed by atoms with Crippen LogP contribution in [0.5, 0.6) is 0 Å². The van der Waals surface area contributed by atoms with Gasteiger partial charge < -0.3 is 26.4 Å². The molecule has 8 nitrogen and oxygen atoms in total. The molecule has 2 unspecified atom stereocenters. The van der Waals surface area contributed by atoms with E-state index < -0.39 is 30.4 Å². The Morgan fingerprint density at radius 1 is 1.35 bits per heavy atom. The van der Waals surface area contributed by atoms with Crippen LogP contribution in [0.15, 0.2) is 0 Å². The van der Waals surface area contributed by atoms with Gasteiger partial charge in [-0.05, 0) is 20.4 Å². The molecule has 0 saturated heterocycles. The van der Waals surface area contributed by atoms with Crippen LogP contribution in [-0.2, 0) is 9.59 Å². The minimum absolute atomic E-state index is 0.385. The van der Waals surface area contributed by atoms with Gasteiger partial charge in [0.1, 0.15) is 6.04 Å². The van der Waals surface area contributed by atoms with Gasteiger partial charge >= 0.3 is 12.0 Å². The third kappa shape index (κ3) is 7.57. The lowest BCUT2D eigenvalue weighted by Crippen LogP contribution is -2.49. The van der Waals surface area contributed by atoms with Crippen LogP contribution in [0.25, 0.3) is 0 Å². The Hall–Kier alpha value is -1.83. The number of carboxylic acid groups (broad SMARTS) is 1. The second kappa shape index (κ2) is 9.13. The van der Waals surface area contributed by atoms with Crippen LogP contribution >= 0.6 is 0 Å². The summed E-state index contributed by atoms with van der Waals surface area (Å²) >= 11 is 0. The van der Waals surface area contributed by atoms with E-state index >= 15 is 0 Å². The smallest absolute Gasteiger partial charge is 0.326 e. The highest BCUT2D eigenvalue weighted by Crippen LogP contribution is 1.98. The first kappa shape index (κ1) is 18.2. The highest BCUT2D eigenvalue weighted by molar-refractivity contribution is 5.87. The van der Waals surface area contributed by atoms with E-state index in [1.54, 1.807) is 0 Å². The predicted octanol–water partition coefficient (Wildman–Crippen LogP) is -0.655. The maximum atomic E-state index is 11.5. The molecule has 3 amide bonds. The molecule has 0 fully saturated rings. The number of rotatable bonds is 9. The first-order valence-corrected chi connectivity index (χ1v) is 6.53. The maximum Gasteiger partial charge on any atom is 0.326 e. The summed E-state index contributed by atoms with van der Waals surface area (Å²) in [4.78, 5) is 35.1. The van der Waals surface area contributed by atoms with Crippen molar-refractivity contribution in [3.8, 4) is 0 Å². The van der Waals surface area contributed by atoms with Gasteiger partial charge in [0, 0.05) is 19.1 Å². The molecular weight excluding hydrogens is 264 g/mol. The zero-order valence-electron chi connectivity index (χ0n) is 12.2. The third-order valence-electron chi connectivity index (χ3n) is 3.10. The zero-order valence-corrected chi connectivity index (χ0v) is 12.2. The topological polar surface area (TPSA) is 125 Å². The molecule has 0 radical (unpaired) electrons. The molecule has 8 heteroatoms. The predicted molar refractivity (Wildman–Crippen MR) is 74.2 cm³/mol. The van der Waals surface area contributed by atoms with Crippen molar-refractivity contribution in [1.82, 2.24) is 15.5 Å². The molecule has 2 atom stereocenters. The SMILES string of the molecule is CCC(C)N(C)CCNC(=O)NC(CC(N)=O)C(=O)O. The average molecular weight is 288 g/mol. The van der Waals surface area contributed by atoms with E-state index in [9.17, 15) is 14.4 Å². The Morgan fingerprint density at radius 2 is 1.95 bits per heavy atom. The Kier molecular flexibility index (Phi) is 8.30. The standard InChI is InChI=1S/C12H24N4O4/c1-4-8(2)16(3)6-5-14-12(20)15-9(11(18)19)7-10(13)17/h8-9H,4-7H2,1-3H3,(H2,13,17)(H,18,19)(H2,14,15,20). The third-order valence-corrected chi connectivity index (χ3v) is 3.10. The number of amides is 3. The number of hydrogen-bond acceptors (Lipinski definition) is 4. The fourth-order valence-corrected chi connectivity index (χ4v) is 1.49. The minimum Gasteiger partial charge on any atom is -0.480 e. The lowest BCUT2D eigenvalue weighted by atomic mass is 10.2. The van der Waals surface area contributed by atoms with Gasteiger partial charge in [-0.1, -0.05) is 6.92 Å². The first-order valence-electron chi connectivity index (χ1n) is 6.53. The molecule has 116 valence electrons. The molecule has 0 saturated carbocycles. The summed E-state index contributed by atoms with van der Waals surface area (Å²) in [7, 11) is 1.95. The van der Waals surface area contributed by atoms with Crippen LogP contribution in [0.1, 0.15) is 26.7 Å². The van der Waals surface area contributed by atoms with Crippen molar-refractivity contribution in [1.29, 1.82) is 0 Å². The largest absolute Gasteiger partial charge is 0.480 e. The fraction of sp³-hybridized carbons (Fsp3) is 0.750. The number of primary amides is 1. The molecule has 0 aliphatic rings. The molecule has 0 aromatic rings. The molecule has 0 spiro atoms. The van der Waals surface area contributed by atoms with Gasteiger partial charge in [0.15, 0.2) is 0 Å². The van der Waals surface area contributed by atoms with Gasteiger partial charge in [-0.25, -0.2) is 9.59 Å². The summed E-state index contributed by atoms with van der Waals surface area (Å²) in [6.45, 7) is 5.18. The molecule has 0 aromatic heterocycles. The average Bonchev–Trinajstić information content (AvgIpc) is 2.36. The molecule has 5 N–H and O–H groups in total. The number of carbonyl (C=O) groups excluding carboxylic acids is 2. The van der Waals surface area contributed by atoms with Crippen molar-refractivity contribution in [3.05, 3.63) is 0 Å². The number of carbonyl (C=O) groups is 3. The Balaban J connectivity index is 4.08. The van der Waals surface area contributed by atoms with E-state index in [0.717, 1.165) is 6.42 Å². The second-order valence-electron chi connectivity index (χ2n) is 4.70. The summed E-state index contributed by atoms with van der Waals surface area (Å²) in [5.41, 5.74) is 4.91. The number of aliphatic carboxylic acids is 1. The highest BCUT2D eigenvalue weighted by Gasteiger charge is 2.21. The summed E-state index contributed by atoms with van der Waals surface area (Å²) < 4.78 is 0. The number of nitrogens with two attached hydrogens (primary N) is 1. The van der Waals surface area contributed by atoms with Crippen molar-refractivity contribution in [2.75, 3.05) is 20.1 Å². The van der Waals surface area contributed by atoms with Gasteiger partial charge in [0.2, 0.25) is 5.91 Å². The number of nitrogens with one attached hydrogen (secondary N) is 2. The van der Waals surface area contributed by atoms with Gasteiger partial charge in [-0.3, -0.25) is 4.79 Å². The van der Waals surface area contributed by atoms with E-state index in [1.807, 2.05) is 7.05 Å². The Labute approximate surface area is 118 Å². The van der Waals surface area contributed by atoms with E-state index in [-0.39, 0.29) is 0 Å². The Bertz CT molecular complexity index is 348. The number of urea groups is 1. The lowest BCUT2D eigenvalue weighted by molar-refractivity contribution is -0.140. The molecular formula is C12H24N4O4. The van der Waals surface area contributed by atoms with Gasteiger partial charge in [-0.15, -0.1) is 0 Å². The summed E-state index contributed by atoms with van der Waals surface area (Å²) in [5.74, 6) is -2.08. The first-order chi connectivity index (χ1) is 9.27. The molecule has 0 rings (SSSR count). The maximum absolute atomic E-state index is 11.5. The number of carboxylic acids is 1. The summed E-state index contributed by atoms with van der Waals surface area (Å²) in [6.07, 6.45) is 0.567. The zero-order chi connectivity index (χ0) is 15.7. The number of hydrogen-bond donors (Lipinski definition) is 4. The van der Waals surface area contributed by atoms with Crippen LogP contribution in [-0.4, -0.2) is 60.1 Å². The van der Waals surface area contributed by atoms with Crippen LogP contribution in [0, 0.1) is 0 Å². The molecule has 20 heavy (non-hydrogen) atoms. The van der Waals surface area contributed by atoms with Crippen molar-refractivity contribution in [3.63, 3.8) is 0 Å². The quantitative estimate of drug-likeness (QED) is 0.448. The van der Waals surface area contributed by atoms with Crippen LogP contribution < -0.4 is 16.4 Å². The monoisotopic (exact) mass is 288 g/mol. The van der Waals surface area contributed by atoms with E-state index in [0.29, 0.717) is 19.1 Å². The van der Waals surface area contributed by atoms with Crippen molar-refractivity contribution in [2.45, 2.75) is 38.8 Å². The molecule has 0 heterocycles. The highest BCUT2D eigenvalue weighted by atomic mass is 16.4. The molecule has 0 aromatic carbocycles. The van der Waals surface area contributed by atoms with Crippen molar-refractivity contribution >= 4 is 17.9 Å². The van der Waals surface area contributed by atoms with Crippen LogP contribution in [0.2, 0.25) is 0 Å². The molecule has 0 bridgehead atoms. The lowest BCUT2D eigenvalue weighted by Gasteiger charge is -2.23. The summed E-state index contributed by atoms with van der Waals surface area (Å²) in [5, 5.41) is 13.6.